The summed E-state index contributed by atoms with van der Waals surface area (Å²) in [5, 5.41) is 12.1. The van der Waals surface area contributed by atoms with E-state index in [-0.39, 0.29) is 11.0 Å². The van der Waals surface area contributed by atoms with E-state index < -0.39 is 5.82 Å². The van der Waals surface area contributed by atoms with Gasteiger partial charge in [0.1, 0.15) is 11.9 Å². The number of nitriles is 1. The Morgan fingerprint density at radius 3 is 2.78 bits per heavy atom. The monoisotopic (exact) mass is 246 g/mol. The minimum atomic E-state index is -0.448. The predicted molar refractivity (Wildman–Crippen MR) is 70.8 cm³/mol. The second-order valence-electron chi connectivity index (χ2n) is 5.74. The molecule has 1 aliphatic carbocycles. The molecule has 3 heteroatoms. The Kier molecular flexibility index (Phi) is 3.56. The highest BCUT2D eigenvalue weighted by atomic mass is 19.1. The number of hydrogen-bond donors (Lipinski definition) is 1. The summed E-state index contributed by atoms with van der Waals surface area (Å²) in [6, 6.07) is 6.95. The van der Waals surface area contributed by atoms with Gasteiger partial charge in [0.2, 0.25) is 0 Å². The largest absolute Gasteiger partial charge is 0.382 e. The van der Waals surface area contributed by atoms with Crippen molar-refractivity contribution in [1.82, 2.24) is 0 Å². The topological polar surface area (TPSA) is 35.8 Å². The van der Waals surface area contributed by atoms with Crippen LogP contribution in [0.2, 0.25) is 0 Å². The Bertz CT molecular complexity index is 474. The molecule has 0 aromatic heterocycles. The van der Waals surface area contributed by atoms with Crippen LogP contribution in [0.25, 0.3) is 0 Å². The van der Waals surface area contributed by atoms with E-state index in [1.807, 2.05) is 6.07 Å². The van der Waals surface area contributed by atoms with Crippen LogP contribution in [0.4, 0.5) is 10.1 Å². The molecule has 0 radical (unpaired) electrons. The summed E-state index contributed by atoms with van der Waals surface area (Å²) in [6.45, 7) is 4.51. The van der Waals surface area contributed by atoms with Crippen molar-refractivity contribution < 1.29 is 4.39 Å². The molecule has 0 heterocycles. The first-order chi connectivity index (χ1) is 8.53. The van der Waals surface area contributed by atoms with Crippen LogP contribution >= 0.6 is 0 Å². The molecule has 2 nitrogen and oxygen atoms in total. The first-order valence-corrected chi connectivity index (χ1v) is 6.49. The number of nitrogens with one attached hydrogen (secondary N) is 1. The molecule has 1 aromatic carbocycles. The molecule has 1 fully saturated rings. The fourth-order valence-corrected chi connectivity index (χ4v) is 2.66. The van der Waals surface area contributed by atoms with Crippen LogP contribution in [0, 0.1) is 22.6 Å². The molecule has 1 atom stereocenters. The predicted octanol–water partition coefficient (Wildman–Crippen LogP) is 4.08. The maximum Gasteiger partial charge on any atom is 0.143 e. The third-order valence-corrected chi connectivity index (χ3v) is 3.94. The molecule has 1 unspecified atom stereocenters. The number of benzene rings is 1. The zero-order chi connectivity index (χ0) is 13.2. The molecule has 0 spiro atoms. The lowest BCUT2D eigenvalue weighted by molar-refractivity contribution is 0.217. The van der Waals surface area contributed by atoms with E-state index in [9.17, 15) is 4.39 Å². The van der Waals surface area contributed by atoms with Crippen LogP contribution in [0.1, 0.15) is 45.1 Å². The van der Waals surface area contributed by atoms with E-state index in [4.69, 9.17) is 5.26 Å². The SMILES string of the molecule is CC1(C)CCCCC1Nc1ccc(C#N)c(F)c1. The first kappa shape index (κ1) is 12.9. The summed E-state index contributed by atoms with van der Waals surface area (Å²) >= 11 is 0. The molecule has 96 valence electrons. The third kappa shape index (κ3) is 2.64. The van der Waals surface area contributed by atoms with E-state index in [1.165, 1.54) is 31.4 Å². The average molecular weight is 246 g/mol. The zero-order valence-corrected chi connectivity index (χ0v) is 11.0. The Labute approximate surface area is 108 Å². The summed E-state index contributed by atoms with van der Waals surface area (Å²) in [7, 11) is 0. The molecule has 1 aliphatic rings. The summed E-state index contributed by atoms with van der Waals surface area (Å²) in [6.07, 6.45) is 4.81. The van der Waals surface area contributed by atoms with Crippen LogP contribution in [-0.4, -0.2) is 6.04 Å². The molecule has 0 amide bonds. The van der Waals surface area contributed by atoms with Gasteiger partial charge in [-0.1, -0.05) is 26.7 Å². The molecule has 1 N–H and O–H groups in total. The molecular weight excluding hydrogens is 227 g/mol. The second kappa shape index (κ2) is 4.97. The van der Waals surface area contributed by atoms with Crippen molar-refractivity contribution in [3.8, 4) is 6.07 Å². The van der Waals surface area contributed by atoms with Gasteiger partial charge < -0.3 is 5.32 Å². The summed E-state index contributed by atoms with van der Waals surface area (Å²) in [4.78, 5) is 0. The number of rotatable bonds is 2. The Hall–Kier alpha value is -1.56. The average Bonchev–Trinajstić information content (AvgIpc) is 2.32. The lowest BCUT2D eigenvalue weighted by Crippen LogP contribution is -2.38. The van der Waals surface area contributed by atoms with Gasteiger partial charge in [-0.3, -0.25) is 0 Å². The van der Waals surface area contributed by atoms with Gasteiger partial charge in [-0.2, -0.15) is 5.26 Å². The maximum atomic E-state index is 13.5. The highest BCUT2D eigenvalue weighted by Gasteiger charge is 2.32. The summed E-state index contributed by atoms with van der Waals surface area (Å²) < 4.78 is 13.5. The van der Waals surface area contributed by atoms with Gasteiger partial charge in [0.25, 0.3) is 0 Å². The minimum absolute atomic E-state index is 0.100. The summed E-state index contributed by atoms with van der Waals surface area (Å²) in [5.41, 5.74) is 1.11. The zero-order valence-electron chi connectivity index (χ0n) is 11.0. The third-order valence-electron chi connectivity index (χ3n) is 3.94. The van der Waals surface area contributed by atoms with Gasteiger partial charge in [-0.05, 0) is 36.5 Å². The van der Waals surface area contributed by atoms with E-state index in [0.29, 0.717) is 6.04 Å². The molecule has 2 rings (SSSR count). The van der Waals surface area contributed by atoms with E-state index in [2.05, 4.69) is 19.2 Å². The van der Waals surface area contributed by atoms with Crippen molar-refractivity contribution >= 4 is 5.69 Å². The Morgan fingerprint density at radius 1 is 1.39 bits per heavy atom. The molecule has 18 heavy (non-hydrogen) atoms. The Balaban J connectivity index is 2.14. The second-order valence-corrected chi connectivity index (χ2v) is 5.74. The van der Waals surface area contributed by atoms with Gasteiger partial charge in [0.15, 0.2) is 0 Å². The number of nitrogens with zero attached hydrogens (tertiary/aromatic N) is 1. The smallest absolute Gasteiger partial charge is 0.143 e. The van der Waals surface area contributed by atoms with Gasteiger partial charge in [-0.15, -0.1) is 0 Å². The summed E-state index contributed by atoms with van der Waals surface area (Å²) in [5.74, 6) is -0.448. The highest BCUT2D eigenvalue weighted by Crippen LogP contribution is 2.37. The van der Waals surface area contributed by atoms with Crippen LogP contribution < -0.4 is 5.32 Å². The van der Waals surface area contributed by atoms with Crippen molar-refractivity contribution in [3.63, 3.8) is 0 Å². The quantitative estimate of drug-likeness (QED) is 0.853. The van der Waals surface area contributed by atoms with Crippen LogP contribution in [-0.2, 0) is 0 Å². The van der Waals surface area contributed by atoms with Crippen molar-refractivity contribution in [3.05, 3.63) is 29.6 Å². The molecular formula is C15H19FN2. The fourth-order valence-electron chi connectivity index (χ4n) is 2.66. The molecule has 1 saturated carbocycles. The van der Waals surface area contributed by atoms with Crippen molar-refractivity contribution in [1.29, 1.82) is 5.26 Å². The first-order valence-electron chi connectivity index (χ1n) is 6.49. The number of halogens is 1. The molecule has 1 aromatic rings. The van der Waals surface area contributed by atoms with Crippen LogP contribution in [0.15, 0.2) is 18.2 Å². The molecule has 0 saturated heterocycles. The van der Waals surface area contributed by atoms with Gasteiger partial charge in [0.05, 0.1) is 5.56 Å². The Morgan fingerprint density at radius 2 is 2.17 bits per heavy atom. The normalized spacial score (nSPS) is 22.2. The van der Waals surface area contributed by atoms with Crippen LogP contribution in [0.5, 0.6) is 0 Å². The number of hydrogen-bond acceptors (Lipinski definition) is 2. The van der Waals surface area contributed by atoms with Crippen molar-refractivity contribution in [2.45, 2.75) is 45.6 Å². The van der Waals surface area contributed by atoms with Crippen molar-refractivity contribution in [2.24, 2.45) is 5.41 Å². The lowest BCUT2D eigenvalue weighted by Gasteiger charge is -2.39. The van der Waals surface area contributed by atoms with E-state index in [0.717, 1.165) is 12.1 Å². The van der Waals surface area contributed by atoms with Crippen molar-refractivity contribution in [2.75, 3.05) is 5.32 Å². The van der Waals surface area contributed by atoms with Gasteiger partial charge in [0, 0.05) is 11.7 Å². The number of anilines is 1. The minimum Gasteiger partial charge on any atom is -0.382 e. The van der Waals surface area contributed by atoms with E-state index in [1.54, 1.807) is 6.07 Å². The lowest BCUT2D eigenvalue weighted by atomic mass is 9.73. The van der Waals surface area contributed by atoms with E-state index >= 15 is 0 Å². The molecule has 0 aliphatic heterocycles. The fraction of sp³-hybridized carbons (Fsp3) is 0.533. The standard InChI is InChI=1S/C15H19FN2/c1-15(2)8-4-3-5-14(15)18-12-7-6-11(10-17)13(16)9-12/h6-7,9,14,18H,3-5,8H2,1-2H3. The van der Waals surface area contributed by atoms with Crippen LogP contribution in [0.3, 0.4) is 0 Å². The highest BCUT2D eigenvalue weighted by molar-refractivity contribution is 5.49. The maximum absolute atomic E-state index is 13.5. The molecule has 0 bridgehead atoms. The van der Waals surface area contributed by atoms with Gasteiger partial charge >= 0.3 is 0 Å². The van der Waals surface area contributed by atoms with Gasteiger partial charge in [-0.25, -0.2) is 4.39 Å².